The van der Waals surface area contributed by atoms with Crippen molar-refractivity contribution in [3.8, 4) is 0 Å². The van der Waals surface area contributed by atoms with E-state index in [0.29, 0.717) is 23.2 Å². The third kappa shape index (κ3) is 6.62. The molecule has 0 amide bonds. The average molecular weight is 404 g/mol. The molecule has 0 aromatic heterocycles. The second-order valence-electron chi connectivity index (χ2n) is 8.17. The first-order valence-electron chi connectivity index (χ1n) is 10.9. The van der Waals surface area contributed by atoms with E-state index in [-0.39, 0.29) is 0 Å². The molecule has 0 aliphatic heterocycles. The van der Waals surface area contributed by atoms with E-state index in [4.69, 9.17) is 10.7 Å². The number of nitrogens with zero attached hydrogens (tertiary/aromatic N) is 1. The number of hydrogen-bond donors (Lipinski definition) is 2. The molecule has 0 heterocycles. The second-order valence-corrected chi connectivity index (χ2v) is 8.17. The lowest BCUT2D eigenvalue weighted by Gasteiger charge is -2.21. The van der Waals surface area contributed by atoms with Crippen molar-refractivity contribution < 1.29 is 0 Å². The Balaban J connectivity index is 2.21. The minimum Gasteiger partial charge on any atom is -0.397 e. The zero-order chi connectivity index (χ0) is 22.1. The molecule has 1 fully saturated rings. The summed E-state index contributed by atoms with van der Waals surface area (Å²) in [4.78, 5) is 4.90. The Kier molecular flexibility index (Phi) is 8.91. The molecule has 0 bridgehead atoms. The molecule has 160 valence electrons. The van der Waals surface area contributed by atoms with Crippen molar-refractivity contribution in [2.24, 2.45) is 22.6 Å². The standard InChI is InChI=1S/C27H37N3/c1-7-19(2)17-18-20(3)29-22(5)23(6)30-27(25-15-11-12-16-25)26(28)21(4)24-13-9-8-10-14-24/h7-10,13,17-18,24-25,29H,3,5-6,11-12,14-16,28H2,1-2,4H3/b18-17-,19-7-,26-21-,30-27-. The highest BCUT2D eigenvalue weighted by Gasteiger charge is 2.25. The van der Waals surface area contributed by atoms with Crippen LogP contribution in [0.15, 0.2) is 101 Å². The molecule has 0 aromatic rings. The van der Waals surface area contributed by atoms with Gasteiger partial charge in [0.1, 0.15) is 0 Å². The van der Waals surface area contributed by atoms with Crippen LogP contribution >= 0.6 is 0 Å². The van der Waals surface area contributed by atoms with Gasteiger partial charge in [0.2, 0.25) is 0 Å². The quantitative estimate of drug-likeness (QED) is 0.335. The smallest absolute Gasteiger partial charge is 0.0791 e. The maximum Gasteiger partial charge on any atom is 0.0791 e. The normalized spacial score (nSPS) is 21.1. The highest BCUT2D eigenvalue weighted by Crippen LogP contribution is 2.31. The molecule has 2 rings (SSSR count). The van der Waals surface area contributed by atoms with Crippen LogP contribution in [0.3, 0.4) is 0 Å². The Morgan fingerprint density at radius 1 is 1.10 bits per heavy atom. The Bertz CT molecular complexity index is 853. The molecular formula is C27H37N3. The minimum atomic E-state index is 0.330. The topological polar surface area (TPSA) is 50.4 Å². The van der Waals surface area contributed by atoms with Crippen molar-refractivity contribution >= 4 is 5.71 Å². The summed E-state index contributed by atoms with van der Waals surface area (Å²) in [5, 5.41) is 3.20. The summed E-state index contributed by atoms with van der Waals surface area (Å²) in [7, 11) is 0. The summed E-state index contributed by atoms with van der Waals surface area (Å²) in [6.07, 6.45) is 20.2. The van der Waals surface area contributed by atoms with Crippen LogP contribution in [-0.2, 0) is 0 Å². The summed E-state index contributed by atoms with van der Waals surface area (Å²) >= 11 is 0. The third-order valence-electron chi connectivity index (χ3n) is 5.90. The lowest BCUT2D eigenvalue weighted by atomic mass is 9.88. The molecule has 3 heteroatoms. The van der Waals surface area contributed by atoms with Gasteiger partial charge in [-0.15, -0.1) is 0 Å². The number of rotatable bonds is 9. The molecule has 2 aliphatic carbocycles. The van der Waals surface area contributed by atoms with Gasteiger partial charge in [0.05, 0.1) is 22.8 Å². The van der Waals surface area contributed by atoms with Gasteiger partial charge in [0.25, 0.3) is 0 Å². The van der Waals surface area contributed by atoms with Gasteiger partial charge in [0, 0.05) is 17.5 Å². The fourth-order valence-corrected chi connectivity index (χ4v) is 3.72. The van der Waals surface area contributed by atoms with Crippen molar-refractivity contribution in [2.75, 3.05) is 0 Å². The molecule has 0 spiro atoms. The van der Waals surface area contributed by atoms with Crippen molar-refractivity contribution in [2.45, 2.75) is 52.9 Å². The van der Waals surface area contributed by atoms with E-state index in [1.165, 1.54) is 24.0 Å². The molecule has 1 atom stereocenters. The van der Waals surface area contributed by atoms with E-state index in [1.807, 2.05) is 32.1 Å². The van der Waals surface area contributed by atoms with Gasteiger partial charge in [-0.2, -0.15) is 0 Å². The molecule has 0 saturated heterocycles. The van der Waals surface area contributed by atoms with Crippen molar-refractivity contribution in [1.29, 1.82) is 0 Å². The van der Waals surface area contributed by atoms with Crippen LogP contribution < -0.4 is 11.1 Å². The summed E-state index contributed by atoms with van der Waals surface area (Å²) in [6.45, 7) is 18.5. The Hall–Kier alpha value is -2.81. The molecule has 3 nitrogen and oxygen atoms in total. The highest BCUT2D eigenvalue weighted by molar-refractivity contribution is 6.02. The predicted molar refractivity (Wildman–Crippen MR) is 132 cm³/mol. The first kappa shape index (κ1) is 23.5. The summed E-state index contributed by atoms with van der Waals surface area (Å²) < 4.78 is 0. The number of allylic oxidation sites excluding steroid dienone is 10. The SMILES string of the molecule is C=C(/C=C\C(C)=C/C)NC(=C)C(=C)/N=C(\C(N)=C(/C)C1C=CC=CC1)C1CCCC1. The molecular weight excluding hydrogens is 366 g/mol. The van der Waals surface area contributed by atoms with Crippen molar-refractivity contribution in [3.05, 3.63) is 96.2 Å². The Morgan fingerprint density at radius 2 is 1.80 bits per heavy atom. The molecule has 0 radical (unpaired) electrons. The minimum absolute atomic E-state index is 0.330. The second kappa shape index (κ2) is 11.4. The molecule has 3 N–H and O–H groups in total. The zero-order valence-electron chi connectivity index (χ0n) is 18.9. The first-order valence-corrected chi connectivity index (χ1v) is 10.9. The highest BCUT2D eigenvalue weighted by atomic mass is 14.9. The molecule has 30 heavy (non-hydrogen) atoms. The summed E-state index contributed by atoms with van der Waals surface area (Å²) in [6, 6.07) is 0. The first-order chi connectivity index (χ1) is 14.3. The van der Waals surface area contributed by atoms with Gasteiger partial charge < -0.3 is 11.1 Å². The largest absolute Gasteiger partial charge is 0.397 e. The molecule has 0 aromatic carbocycles. The fourth-order valence-electron chi connectivity index (χ4n) is 3.72. The molecule has 1 unspecified atom stereocenters. The van der Waals surface area contributed by atoms with E-state index in [9.17, 15) is 0 Å². The van der Waals surface area contributed by atoms with Gasteiger partial charge >= 0.3 is 0 Å². The fraction of sp³-hybridized carbons (Fsp3) is 0.370. The maximum absolute atomic E-state index is 6.68. The van der Waals surface area contributed by atoms with Gasteiger partial charge in [-0.25, -0.2) is 4.99 Å². The van der Waals surface area contributed by atoms with E-state index >= 15 is 0 Å². The summed E-state index contributed by atoms with van der Waals surface area (Å²) in [5.74, 6) is 0.712. The van der Waals surface area contributed by atoms with Crippen LogP contribution in [-0.4, -0.2) is 5.71 Å². The van der Waals surface area contributed by atoms with E-state index in [2.05, 4.69) is 56.3 Å². The lowest BCUT2D eigenvalue weighted by molar-refractivity contribution is 0.715. The van der Waals surface area contributed by atoms with Crippen LogP contribution in [0.2, 0.25) is 0 Å². The number of hydrogen-bond acceptors (Lipinski definition) is 3. The number of aliphatic imine (C=N–C) groups is 1. The van der Waals surface area contributed by atoms with E-state index in [1.54, 1.807) is 0 Å². The van der Waals surface area contributed by atoms with Crippen LogP contribution in [0.1, 0.15) is 52.9 Å². The predicted octanol–water partition coefficient (Wildman–Crippen LogP) is 6.64. The molecule has 1 saturated carbocycles. The number of nitrogens with one attached hydrogen (secondary N) is 1. The Morgan fingerprint density at radius 3 is 2.40 bits per heavy atom. The van der Waals surface area contributed by atoms with Crippen molar-refractivity contribution in [1.82, 2.24) is 5.32 Å². The maximum atomic E-state index is 6.68. The zero-order valence-corrected chi connectivity index (χ0v) is 18.9. The number of nitrogens with two attached hydrogens (primary N) is 1. The third-order valence-corrected chi connectivity index (χ3v) is 5.90. The van der Waals surface area contributed by atoms with Crippen LogP contribution in [0.5, 0.6) is 0 Å². The average Bonchev–Trinajstić information content (AvgIpc) is 3.29. The van der Waals surface area contributed by atoms with Gasteiger partial charge in [-0.05, 0) is 51.7 Å². The Labute approximate surface area is 182 Å². The van der Waals surface area contributed by atoms with Crippen molar-refractivity contribution in [3.63, 3.8) is 0 Å². The van der Waals surface area contributed by atoms with E-state index < -0.39 is 0 Å². The van der Waals surface area contributed by atoms with E-state index in [0.717, 1.165) is 36.4 Å². The van der Waals surface area contributed by atoms with Gasteiger partial charge in [0.15, 0.2) is 0 Å². The van der Waals surface area contributed by atoms with Crippen LogP contribution in [0, 0.1) is 11.8 Å². The molecule has 2 aliphatic rings. The summed E-state index contributed by atoms with van der Waals surface area (Å²) in [5.41, 5.74) is 12.8. The monoisotopic (exact) mass is 403 g/mol. The van der Waals surface area contributed by atoms with Gasteiger partial charge in [-0.1, -0.05) is 74.6 Å². The van der Waals surface area contributed by atoms with Gasteiger partial charge in [-0.3, -0.25) is 0 Å². The van der Waals surface area contributed by atoms with Crippen LogP contribution in [0.4, 0.5) is 0 Å². The lowest BCUT2D eigenvalue weighted by Crippen LogP contribution is -2.24. The van der Waals surface area contributed by atoms with Crippen LogP contribution in [0.25, 0.3) is 0 Å².